The highest BCUT2D eigenvalue weighted by Crippen LogP contribution is 2.23. The van der Waals surface area contributed by atoms with E-state index in [1.54, 1.807) is 12.1 Å². The Morgan fingerprint density at radius 1 is 1.00 bits per heavy atom. The molecule has 2 rings (SSSR count). The Balaban J connectivity index is 2.14. The van der Waals surface area contributed by atoms with Crippen LogP contribution >= 0.6 is 0 Å². The summed E-state index contributed by atoms with van der Waals surface area (Å²) in [7, 11) is -2.40. The van der Waals surface area contributed by atoms with Crippen molar-refractivity contribution in [3.8, 4) is 0 Å². The molecule has 0 aliphatic rings. The number of Topliss-reactive ketones (excluding diaryl/α,β-unsaturated/α-hetero) is 1. The van der Waals surface area contributed by atoms with Gasteiger partial charge < -0.3 is 4.74 Å². The van der Waals surface area contributed by atoms with Gasteiger partial charge in [0.05, 0.1) is 10.5 Å². The molecular formula is C21H25NO5S. The Bertz CT molecular complexity index is 973. The number of nitrogens with one attached hydrogen (secondary N) is 1. The number of carbonyl (C=O) groups excluding carboxylic acids is 2. The summed E-state index contributed by atoms with van der Waals surface area (Å²) < 4.78 is 31.2. The van der Waals surface area contributed by atoms with Gasteiger partial charge in [0.25, 0.3) is 0 Å². The van der Waals surface area contributed by atoms with Crippen LogP contribution in [0.15, 0.2) is 53.4 Å². The Kier molecular flexibility index (Phi) is 6.41. The molecule has 0 unspecified atom stereocenters. The van der Waals surface area contributed by atoms with Crippen LogP contribution in [0.25, 0.3) is 0 Å². The van der Waals surface area contributed by atoms with Crippen molar-refractivity contribution in [2.75, 3.05) is 7.05 Å². The first kappa shape index (κ1) is 21.8. The van der Waals surface area contributed by atoms with Crippen LogP contribution in [0, 0.1) is 0 Å². The third kappa shape index (κ3) is 5.05. The molecule has 1 N–H and O–H groups in total. The predicted octanol–water partition coefficient (Wildman–Crippen LogP) is 3.32. The number of rotatable bonds is 6. The van der Waals surface area contributed by atoms with Crippen molar-refractivity contribution in [3.63, 3.8) is 0 Å². The molecule has 0 aromatic heterocycles. The summed E-state index contributed by atoms with van der Waals surface area (Å²) >= 11 is 0. The van der Waals surface area contributed by atoms with E-state index < -0.39 is 22.1 Å². The fourth-order valence-electron chi connectivity index (χ4n) is 2.56. The normalized spacial score (nSPS) is 13.0. The van der Waals surface area contributed by atoms with E-state index >= 15 is 0 Å². The Morgan fingerprint density at radius 3 is 2.14 bits per heavy atom. The van der Waals surface area contributed by atoms with Crippen LogP contribution < -0.4 is 4.72 Å². The minimum absolute atomic E-state index is 0.0294. The van der Waals surface area contributed by atoms with E-state index in [-0.39, 0.29) is 21.7 Å². The lowest BCUT2D eigenvalue weighted by molar-refractivity contribution is 0.0318. The molecule has 150 valence electrons. The van der Waals surface area contributed by atoms with E-state index in [9.17, 15) is 18.0 Å². The van der Waals surface area contributed by atoms with Crippen molar-refractivity contribution >= 4 is 21.8 Å². The first-order chi connectivity index (χ1) is 13.0. The molecule has 0 bridgehead atoms. The van der Waals surface area contributed by atoms with Crippen LogP contribution in [0.4, 0.5) is 0 Å². The van der Waals surface area contributed by atoms with Gasteiger partial charge in [0.15, 0.2) is 6.10 Å². The fraction of sp³-hybridized carbons (Fsp3) is 0.333. The first-order valence-electron chi connectivity index (χ1n) is 8.85. The zero-order valence-corrected chi connectivity index (χ0v) is 17.5. The predicted molar refractivity (Wildman–Crippen MR) is 107 cm³/mol. The van der Waals surface area contributed by atoms with Gasteiger partial charge >= 0.3 is 5.97 Å². The van der Waals surface area contributed by atoms with Gasteiger partial charge in [-0.3, -0.25) is 4.79 Å². The Morgan fingerprint density at radius 2 is 1.61 bits per heavy atom. The van der Waals surface area contributed by atoms with Crippen LogP contribution in [0.5, 0.6) is 0 Å². The first-order valence-corrected chi connectivity index (χ1v) is 10.3. The smallest absolute Gasteiger partial charge is 0.338 e. The molecule has 0 amide bonds. The van der Waals surface area contributed by atoms with E-state index in [0.29, 0.717) is 5.56 Å². The molecule has 2 aromatic rings. The fourth-order valence-corrected chi connectivity index (χ4v) is 3.33. The number of hydrogen-bond donors (Lipinski definition) is 1. The zero-order chi connectivity index (χ0) is 21.1. The summed E-state index contributed by atoms with van der Waals surface area (Å²) in [5.41, 5.74) is 1.56. The average molecular weight is 404 g/mol. The van der Waals surface area contributed by atoms with Gasteiger partial charge in [0.2, 0.25) is 15.8 Å². The molecular weight excluding hydrogens is 378 g/mol. The summed E-state index contributed by atoms with van der Waals surface area (Å²) in [5.74, 6) is -1.09. The van der Waals surface area contributed by atoms with E-state index in [1.807, 2.05) is 12.1 Å². The van der Waals surface area contributed by atoms with Crippen molar-refractivity contribution in [3.05, 3.63) is 65.2 Å². The monoisotopic (exact) mass is 403 g/mol. The summed E-state index contributed by atoms with van der Waals surface area (Å²) in [6.45, 7) is 7.73. The standard InChI is InChI=1S/C21H25NO5S/c1-14(19(23)15-9-11-17(12-10-15)21(2,3)4)27-20(24)16-7-6-8-18(13-16)28(25,26)22-5/h6-14,22H,1-5H3/t14-/m1/s1. The van der Waals surface area contributed by atoms with Crippen molar-refractivity contribution in [1.29, 1.82) is 0 Å². The highest BCUT2D eigenvalue weighted by molar-refractivity contribution is 7.89. The highest BCUT2D eigenvalue weighted by atomic mass is 32.2. The summed E-state index contributed by atoms with van der Waals surface area (Å²) in [5, 5.41) is 0. The second kappa shape index (κ2) is 8.24. The molecule has 7 heteroatoms. The Labute approximate surface area is 166 Å². The van der Waals surface area contributed by atoms with E-state index in [2.05, 4.69) is 25.5 Å². The van der Waals surface area contributed by atoms with Crippen molar-refractivity contribution in [2.45, 2.75) is 44.1 Å². The van der Waals surface area contributed by atoms with Crippen LogP contribution in [-0.2, 0) is 20.2 Å². The number of ketones is 1. The van der Waals surface area contributed by atoms with E-state index in [1.165, 1.54) is 38.2 Å². The van der Waals surface area contributed by atoms with Gasteiger partial charge in [-0.15, -0.1) is 0 Å². The lowest BCUT2D eigenvalue weighted by Gasteiger charge is -2.19. The SMILES string of the molecule is CNS(=O)(=O)c1cccc(C(=O)O[C@H](C)C(=O)c2ccc(C(C)(C)C)cc2)c1. The lowest BCUT2D eigenvalue weighted by atomic mass is 9.86. The number of sulfonamides is 1. The molecule has 1 atom stereocenters. The molecule has 0 aliphatic heterocycles. The van der Waals surface area contributed by atoms with E-state index in [0.717, 1.165) is 5.56 Å². The lowest BCUT2D eigenvalue weighted by Crippen LogP contribution is -2.25. The largest absolute Gasteiger partial charge is 0.451 e. The van der Waals surface area contributed by atoms with Crippen LogP contribution in [0.3, 0.4) is 0 Å². The Hall–Kier alpha value is -2.51. The summed E-state index contributed by atoms with van der Waals surface area (Å²) in [4.78, 5) is 24.9. The molecule has 0 saturated heterocycles. The van der Waals surface area contributed by atoms with E-state index in [4.69, 9.17) is 4.74 Å². The summed E-state index contributed by atoms with van der Waals surface area (Å²) in [6, 6.07) is 12.7. The average Bonchev–Trinajstić information content (AvgIpc) is 2.66. The van der Waals surface area contributed by atoms with Gasteiger partial charge in [-0.1, -0.05) is 51.1 Å². The minimum atomic E-state index is -3.68. The number of hydrogen-bond acceptors (Lipinski definition) is 5. The van der Waals surface area contributed by atoms with Gasteiger partial charge in [-0.05, 0) is 43.1 Å². The molecule has 2 aromatic carbocycles. The molecule has 0 radical (unpaired) electrons. The molecule has 0 fully saturated rings. The molecule has 0 aliphatic carbocycles. The topological polar surface area (TPSA) is 89.5 Å². The second-order valence-corrected chi connectivity index (χ2v) is 9.36. The van der Waals surface area contributed by atoms with Gasteiger partial charge in [-0.25, -0.2) is 17.9 Å². The number of carbonyl (C=O) groups is 2. The number of esters is 1. The quantitative estimate of drug-likeness (QED) is 0.590. The van der Waals surface area contributed by atoms with Crippen LogP contribution in [0.1, 0.15) is 54.0 Å². The summed E-state index contributed by atoms with van der Waals surface area (Å²) in [6.07, 6.45) is -1.00. The van der Waals surface area contributed by atoms with Gasteiger partial charge in [-0.2, -0.15) is 0 Å². The molecule has 0 heterocycles. The minimum Gasteiger partial charge on any atom is -0.451 e. The second-order valence-electron chi connectivity index (χ2n) is 7.47. The third-order valence-electron chi connectivity index (χ3n) is 4.34. The van der Waals surface area contributed by atoms with Gasteiger partial charge in [0.1, 0.15) is 0 Å². The van der Waals surface area contributed by atoms with Crippen LogP contribution in [0.2, 0.25) is 0 Å². The number of ether oxygens (including phenoxy) is 1. The molecule has 0 saturated carbocycles. The molecule has 0 spiro atoms. The zero-order valence-electron chi connectivity index (χ0n) is 16.6. The van der Waals surface area contributed by atoms with Crippen molar-refractivity contribution < 1.29 is 22.7 Å². The van der Waals surface area contributed by atoms with Crippen molar-refractivity contribution in [2.24, 2.45) is 0 Å². The third-order valence-corrected chi connectivity index (χ3v) is 5.75. The maximum absolute atomic E-state index is 12.6. The maximum Gasteiger partial charge on any atom is 0.338 e. The van der Waals surface area contributed by atoms with Crippen LogP contribution in [-0.4, -0.2) is 33.3 Å². The molecule has 6 nitrogen and oxygen atoms in total. The number of benzene rings is 2. The van der Waals surface area contributed by atoms with Crippen molar-refractivity contribution in [1.82, 2.24) is 4.72 Å². The highest BCUT2D eigenvalue weighted by Gasteiger charge is 2.22. The maximum atomic E-state index is 12.6. The molecule has 28 heavy (non-hydrogen) atoms. The van der Waals surface area contributed by atoms with Gasteiger partial charge in [0, 0.05) is 5.56 Å².